The molecule has 0 saturated carbocycles. The number of carbonyl (C=O) groups is 4. The van der Waals surface area contributed by atoms with Gasteiger partial charge < -0.3 is 39.4 Å². The standard InChI is InChI=1S/C34H54O12/c1-5-33(17-35,18-36)21-45-30(40)26-12-10-23(3)15-27(26)31(41)44-14-8-7-13-43-29(39)25-11-9-24(4)16-28(25)32(42)46-22-34(6-2,19-37)20-38/h9-10,25-28,35-38H,5-8,11-22H2,1-4H3. The van der Waals surface area contributed by atoms with E-state index in [1.54, 1.807) is 13.8 Å². The van der Waals surface area contributed by atoms with E-state index in [2.05, 4.69) is 0 Å². The summed E-state index contributed by atoms with van der Waals surface area (Å²) in [5.74, 6) is -5.07. The lowest BCUT2D eigenvalue weighted by Gasteiger charge is -2.31. The van der Waals surface area contributed by atoms with Gasteiger partial charge in [0.25, 0.3) is 0 Å². The van der Waals surface area contributed by atoms with E-state index in [4.69, 9.17) is 18.9 Å². The smallest absolute Gasteiger partial charge is 0.310 e. The number of allylic oxidation sites excluding steroid dienone is 4. The van der Waals surface area contributed by atoms with Gasteiger partial charge in [-0.25, -0.2) is 0 Å². The van der Waals surface area contributed by atoms with Gasteiger partial charge in [-0.05, 0) is 65.2 Å². The highest BCUT2D eigenvalue weighted by Crippen LogP contribution is 2.34. The predicted molar refractivity (Wildman–Crippen MR) is 167 cm³/mol. The van der Waals surface area contributed by atoms with Crippen molar-refractivity contribution in [3.63, 3.8) is 0 Å². The molecule has 2 aliphatic rings. The Balaban J connectivity index is 1.83. The number of unbranched alkanes of at least 4 members (excludes halogenated alkanes) is 1. The number of hydrogen-bond donors (Lipinski definition) is 4. The topological polar surface area (TPSA) is 186 Å². The molecule has 4 N–H and O–H groups in total. The number of rotatable bonds is 19. The molecule has 0 radical (unpaired) electrons. The molecule has 0 amide bonds. The van der Waals surface area contributed by atoms with Gasteiger partial charge >= 0.3 is 23.9 Å². The largest absolute Gasteiger partial charge is 0.465 e. The maximum Gasteiger partial charge on any atom is 0.310 e. The molecule has 0 heterocycles. The van der Waals surface area contributed by atoms with Crippen molar-refractivity contribution in [2.75, 3.05) is 52.9 Å². The third kappa shape index (κ3) is 10.9. The zero-order chi connectivity index (χ0) is 34.3. The van der Waals surface area contributed by atoms with Crippen molar-refractivity contribution in [2.24, 2.45) is 34.5 Å². The van der Waals surface area contributed by atoms with Gasteiger partial charge in [0.05, 0.1) is 74.1 Å². The summed E-state index contributed by atoms with van der Waals surface area (Å²) in [6.07, 6.45) is 6.81. The summed E-state index contributed by atoms with van der Waals surface area (Å²) in [4.78, 5) is 51.8. The van der Waals surface area contributed by atoms with Crippen LogP contribution in [0, 0.1) is 34.5 Å². The Hall–Kier alpha value is -2.80. The van der Waals surface area contributed by atoms with Crippen LogP contribution in [0.2, 0.25) is 0 Å². The molecule has 4 atom stereocenters. The van der Waals surface area contributed by atoms with Gasteiger partial charge in [-0.1, -0.05) is 37.1 Å². The number of aliphatic hydroxyl groups is 4. The van der Waals surface area contributed by atoms with Crippen LogP contribution in [0.15, 0.2) is 23.3 Å². The van der Waals surface area contributed by atoms with Crippen LogP contribution in [0.25, 0.3) is 0 Å². The first-order valence-electron chi connectivity index (χ1n) is 16.4. The van der Waals surface area contributed by atoms with E-state index in [-0.39, 0.29) is 52.9 Å². The van der Waals surface area contributed by atoms with E-state index < -0.39 is 58.4 Å². The van der Waals surface area contributed by atoms with E-state index in [9.17, 15) is 39.6 Å². The third-order valence-electron chi connectivity index (χ3n) is 9.62. The highest BCUT2D eigenvalue weighted by molar-refractivity contribution is 5.83. The normalized spacial score (nSPS) is 21.9. The minimum atomic E-state index is -0.937. The van der Waals surface area contributed by atoms with Crippen molar-refractivity contribution < 1.29 is 58.6 Å². The zero-order valence-corrected chi connectivity index (χ0v) is 27.8. The molecule has 4 unspecified atom stereocenters. The Bertz CT molecular complexity index is 1060. The average Bonchev–Trinajstić information content (AvgIpc) is 3.07. The van der Waals surface area contributed by atoms with Gasteiger partial charge in [-0.15, -0.1) is 0 Å². The molecule has 0 aliphatic heterocycles. The number of hydrogen-bond acceptors (Lipinski definition) is 12. The molecule has 262 valence electrons. The first-order valence-corrected chi connectivity index (χ1v) is 16.4. The van der Waals surface area contributed by atoms with Crippen LogP contribution in [0.5, 0.6) is 0 Å². The van der Waals surface area contributed by atoms with Crippen molar-refractivity contribution >= 4 is 23.9 Å². The summed E-state index contributed by atoms with van der Waals surface area (Å²) in [5, 5.41) is 38.6. The molecule has 0 bridgehead atoms. The second kappa shape index (κ2) is 19.1. The van der Waals surface area contributed by atoms with Crippen LogP contribution >= 0.6 is 0 Å². The summed E-state index contributed by atoms with van der Waals surface area (Å²) in [6.45, 7) is 5.83. The first-order chi connectivity index (χ1) is 21.9. The first kappa shape index (κ1) is 39.4. The van der Waals surface area contributed by atoms with E-state index in [1.807, 2.05) is 26.0 Å². The Morgan fingerprint density at radius 1 is 0.609 bits per heavy atom. The van der Waals surface area contributed by atoms with Gasteiger partial charge in [0.2, 0.25) is 0 Å². The molecule has 0 spiro atoms. The fourth-order valence-corrected chi connectivity index (χ4v) is 5.51. The minimum absolute atomic E-state index is 0.0699. The van der Waals surface area contributed by atoms with Crippen molar-refractivity contribution in [3.05, 3.63) is 23.3 Å². The molecule has 12 heteroatoms. The Labute approximate surface area is 272 Å². The lowest BCUT2D eigenvalue weighted by Crippen LogP contribution is -2.39. The molecule has 0 aromatic rings. The predicted octanol–water partition coefficient (Wildman–Crippen LogP) is 2.65. The Kier molecular flexibility index (Phi) is 16.4. The van der Waals surface area contributed by atoms with E-state index in [0.717, 1.165) is 11.1 Å². The summed E-state index contributed by atoms with van der Waals surface area (Å²) >= 11 is 0. The van der Waals surface area contributed by atoms with E-state index >= 15 is 0 Å². The van der Waals surface area contributed by atoms with Gasteiger partial charge in [0.15, 0.2) is 0 Å². The fraction of sp³-hybridized carbons (Fsp3) is 0.765. The second-order valence-corrected chi connectivity index (χ2v) is 13.0. The molecule has 2 rings (SSSR count). The number of ether oxygens (including phenoxy) is 4. The van der Waals surface area contributed by atoms with Crippen LogP contribution in [0.4, 0.5) is 0 Å². The summed E-state index contributed by atoms with van der Waals surface area (Å²) < 4.78 is 21.9. The molecule has 0 fully saturated rings. The van der Waals surface area contributed by atoms with Gasteiger partial charge in [0.1, 0.15) is 13.2 Å². The molecule has 0 aromatic carbocycles. The number of carbonyl (C=O) groups excluding carboxylic acids is 4. The fourth-order valence-electron chi connectivity index (χ4n) is 5.51. The van der Waals surface area contributed by atoms with Crippen molar-refractivity contribution in [3.8, 4) is 0 Å². The monoisotopic (exact) mass is 654 g/mol. The molecule has 2 aliphatic carbocycles. The average molecular weight is 655 g/mol. The van der Waals surface area contributed by atoms with Gasteiger partial charge in [-0.2, -0.15) is 0 Å². The molecular weight excluding hydrogens is 600 g/mol. The molecule has 0 saturated heterocycles. The Morgan fingerprint density at radius 2 is 0.935 bits per heavy atom. The minimum Gasteiger partial charge on any atom is -0.465 e. The van der Waals surface area contributed by atoms with Crippen LogP contribution in [0.3, 0.4) is 0 Å². The van der Waals surface area contributed by atoms with Crippen LogP contribution in [0.1, 0.15) is 79.1 Å². The van der Waals surface area contributed by atoms with Gasteiger partial charge in [0, 0.05) is 0 Å². The number of esters is 4. The van der Waals surface area contributed by atoms with E-state index in [0.29, 0.717) is 51.4 Å². The quantitative estimate of drug-likeness (QED) is 0.0692. The second-order valence-electron chi connectivity index (χ2n) is 13.0. The summed E-state index contributed by atoms with van der Waals surface area (Å²) in [6, 6.07) is 0. The van der Waals surface area contributed by atoms with Crippen LogP contribution < -0.4 is 0 Å². The molecular formula is C34H54O12. The SMILES string of the molecule is CCC(CO)(CO)COC(=O)C1CC=C(C)CC1C(=O)OCCCCOC(=O)C1CC=C(C)CC1C(=O)OCC(CC)(CO)CO. The summed E-state index contributed by atoms with van der Waals surface area (Å²) in [7, 11) is 0. The maximum absolute atomic E-state index is 13.0. The molecule has 46 heavy (non-hydrogen) atoms. The summed E-state index contributed by atoms with van der Waals surface area (Å²) in [5.41, 5.74) is 0.0537. The van der Waals surface area contributed by atoms with Crippen LogP contribution in [-0.4, -0.2) is 97.2 Å². The van der Waals surface area contributed by atoms with Crippen LogP contribution in [-0.2, 0) is 38.1 Å². The number of aliphatic hydroxyl groups excluding tert-OH is 4. The maximum atomic E-state index is 13.0. The highest BCUT2D eigenvalue weighted by atomic mass is 16.6. The molecule has 0 aromatic heterocycles. The Morgan fingerprint density at radius 3 is 1.28 bits per heavy atom. The van der Waals surface area contributed by atoms with E-state index in [1.165, 1.54) is 0 Å². The zero-order valence-electron chi connectivity index (χ0n) is 27.8. The van der Waals surface area contributed by atoms with Crippen molar-refractivity contribution in [1.29, 1.82) is 0 Å². The van der Waals surface area contributed by atoms with Crippen molar-refractivity contribution in [1.82, 2.24) is 0 Å². The lowest BCUT2D eigenvalue weighted by atomic mass is 9.80. The third-order valence-corrected chi connectivity index (χ3v) is 9.62. The van der Waals surface area contributed by atoms with Gasteiger partial charge in [-0.3, -0.25) is 19.2 Å². The molecule has 12 nitrogen and oxygen atoms in total. The van der Waals surface area contributed by atoms with Crippen molar-refractivity contribution in [2.45, 2.75) is 79.1 Å². The lowest BCUT2D eigenvalue weighted by molar-refractivity contribution is -0.165. The highest BCUT2D eigenvalue weighted by Gasteiger charge is 2.40.